The first-order valence-electron chi connectivity index (χ1n) is 14.3. The van der Waals surface area contributed by atoms with Crippen molar-refractivity contribution >= 4 is 32.6 Å². The van der Waals surface area contributed by atoms with E-state index in [-0.39, 0.29) is 0 Å². The van der Waals surface area contributed by atoms with Crippen LogP contribution in [0.15, 0.2) is 146 Å². The maximum Gasteiger partial charge on any atom is 0.111 e. The summed E-state index contributed by atoms with van der Waals surface area (Å²) in [5, 5.41) is 4.91. The lowest BCUT2D eigenvalue weighted by Crippen LogP contribution is -2.00. The van der Waals surface area contributed by atoms with Crippen molar-refractivity contribution in [1.29, 1.82) is 0 Å². The number of imidazole rings is 1. The Bertz CT molecular complexity index is 2200. The minimum Gasteiger partial charge on any atom is -0.296 e. The number of benzene rings is 6. The van der Waals surface area contributed by atoms with E-state index in [2.05, 4.69) is 138 Å². The van der Waals surface area contributed by atoms with E-state index in [1.54, 1.807) is 0 Å². The molecule has 3 heteroatoms. The van der Waals surface area contributed by atoms with Crippen molar-refractivity contribution in [2.24, 2.45) is 0 Å². The molecular formula is C39H27N3. The third-order valence-corrected chi connectivity index (χ3v) is 8.19. The summed E-state index contributed by atoms with van der Waals surface area (Å²) in [7, 11) is 0. The molecule has 3 nitrogen and oxygen atoms in total. The summed E-state index contributed by atoms with van der Waals surface area (Å²) in [5.41, 5.74) is 10.2. The molecule has 0 aliphatic rings. The third-order valence-electron chi connectivity index (χ3n) is 8.19. The van der Waals surface area contributed by atoms with Crippen molar-refractivity contribution < 1.29 is 0 Å². The Labute approximate surface area is 244 Å². The predicted molar refractivity (Wildman–Crippen MR) is 175 cm³/mol. The molecule has 2 aromatic heterocycles. The van der Waals surface area contributed by atoms with Crippen LogP contribution in [0.25, 0.3) is 71.8 Å². The zero-order chi connectivity index (χ0) is 28.0. The molecule has 8 aromatic rings. The maximum absolute atomic E-state index is 4.89. The maximum atomic E-state index is 4.89. The van der Waals surface area contributed by atoms with Crippen molar-refractivity contribution in [3.05, 3.63) is 152 Å². The number of aryl methyl sites for hydroxylation is 1. The second-order valence-corrected chi connectivity index (χ2v) is 10.6. The summed E-state index contributed by atoms with van der Waals surface area (Å²) >= 11 is 0. The van der Waals surface area contributed by atoms with Crippen LogP contribution >= 0.6 is 0 Å². The van der Waals surface area contributed by atoms with Crippen LogP contribution in [0.3, 0.4) is 0 Å². The summed E-state index contributed by atoms with van der Waals surface area (Å²) < 4.78 is 2.29. The first-order chi connectivity index (χ1) is 20.8. The zero-order valence-electron chi connectivity index (χ0n) is 23.2. The highest BCUT2D eigenvalue weighted by Gasteiger charge is 2.20. The van der Waals surface area contributed by atoms with Gasteiger partial charge in [-0.05, 0) is 81.6 Å². The minimum absolute atomic E-state index is 0.972. The average Bonchev–Trinajstić information content (AvgIpc) is 3.39. The fourth-order valence-corrected chi connectivity index (χ4v) is 6.43. The Kier molecular flexibility index (Phi) is 5.68. The number of para-hydroxylation sites is 3. The van der Waals surface area contributed by atoms with E-state index in [0.717, 1.165) is 33.8 Å². The first-order valence-corrected chi connectivity index (χ1v) is 14.3. The molecule has 0 N–H and O–H groups in total. The Hall–Kier alpha value is -5.54. The standard InChI is InChI=1S/C39H27N3/c1-26-41-35-21-7-9-23-37(35)42(26)36-22-8-6-19-33(36)39-31-17-4-2-15-29(31)38(30-16-3-5-18-32(30)39)28-14-12-13-27(25-28)34-20-10-11-24-40-34/h2-25H,1H3. The smallest absolute Gasteiger partial charge is 0.111 e. The summed E-state index contributed by atoms with van der Waals surface area (Å²) in [4.78, 5) is 9.51. The Morgan fingerprint density at radius 2 is 1.14 bits per heavy atom. The molecule has 198 valence electrons. The number of fused-ring (bicyclic) bond motifs is 3. The molecule has 0 aliphatic carbocycles. The highest BCUT2D eigenvalue weighted by atomic mass is 15.1. The number of rotatable bonds is 4. The van der Waals surface area contributed by atoms with Crippen molar-refractivity contribution in [3.63, 3.8) is 0 Å². The van der Waals surface area contributed by atoms with E-state index in [4.69, 9.17) is 4.98 Å². The number of pyridine rings is 1. The third kappa shape index (κ3) is 3.82. The number of hydrogen-bond donors (Lipinski definition) is 0. The van der Waals surface area contributed by atoms with Crippen LogP contribution in [0.5, 0.6) is 0 Å². The molecule has 8 rings (SSSR count). The normalized spacial score (nSPS) is 11.5. The summed E-state index contributed by atoms with van der Waals surface area (Å²) in [6, 6.07) is 49.5. The summed E-state index contributed by atoms with van der Waals surface area (Å²) in [5.74, 6) is 0.972. The molecule has 0 aliphatic heterocycles. The van der Waals surface area contributed by atoms with E-state index < -0.39 is 0 Å². The van der Waals surface area contributed by atoms with Crippen LogP contribution < -0.4 is 0 Å². The van der Waals surface area contributed by atoms with Gasteiger partial charge < -0.3 is 0 Å². The van der Waals surface area contributed by atoms with Crippen LogP contribution in [0.4, 0.5) is 0 Å². The quantitative estimate of drug-likeness (QED) is 0.209. The van der Waals surface area contributed by atoms with Gasteiger partial charge in [0.1, 0.15) is 5.82 Å². The molecule has 0 bridgehead atoms. The number of aromatic nitrogens is 3. The molecular weight excluding hydrogens is 510 g/mol. The Morgan fingerprint density at radius 1 is 0.524 bits per heavy atom. The lowest BCUT2D eigenvalue weighted by Gasteiger charge is -2.20. The van der Waals surface area contributed by atoms with Crippen LogP contribution in [0.1, 0.15) is 5.82 Å². The highest BCUT2D eigenvalue weighted by molar-refractivity contribution is 6.22. The molecule has 0 unspecified atom stereocenters. The van der Waals surface area contributed by atoms with Gasteiger partial charge in [-0.1, -0.05) is 103 Å². The van der Waals surface area contributed by atoms with Crippen LogP contribution in [0.2, 0.25) is 0 Å². The predicted octanol–water partition coefficient (Wildman–Crippen LogP) is 10.0. The van der Waals surface area contributed by atoms with Crippen molar-refractivity contribution in [2.75, 3.05) is 0 Å². The van der Waals surface area contributed by atoms with E-state index in [9.17, 15) is 0 Å². The minimum atomic E-state index is 0.972. The van der Waals surface area contributed by atoms with Gasteiger partial charge in [0.15, 0.2) is 0 Å². The lowest BCUT2D eigenvalue weighted by molar-refractivity contribution is 1.00. The van der Waals surface area contributed by atoms with E-state index in [1.807, 2.05) is 24.4 Å². The molecule has 0 spiro atoms. The van der Waals surface area contributed by atoms with Gasteiger partial charge in [0.05, 0.1) is 22.4 Å². The fourth-order valence-electron chi connectivity index (χ4n) is 6.43. The van der Waals surface area contributed by atoms with Crippen LogP contribution in [-0.4, -0.2) is 14.5 Å². The lowest BCUT2D eigenvalue weighted by atomic mass is 9.85. The number of hydrogen-bond acceptors (Lipinski definition) is 2. The summed E-state index contributed by atoms with van der Waals surface area (Å²) in [6.07, 6.45) is 1.85. The van der Waals surface area contributed by atoms with Gasteiger partial charge in [0.2, 0.25) is 0 Å². The molecule has 0 saturated carbocycles. The Balaban J connectivity index is 1.45. The molecule has 0 amide bonds. The molecule has 0 atom stereocenters. The van der Waals surface area contributed by atoms with Gasteiger partial charge in [-0.2, -0.15) is 0 Å². The SMILES string of the molecule is Cc1nc2ccccc2n1-c1ccccc1-c1c2ccccc2c(-c2cccc(-c3ccccn3)c2)c2ccccc12. The highest BCUT2D eigenvalue weighted by Crippen LogP contribution is 2.45. The van der Waals surface area contributed by atoms with Crippen molar-refractivity contribution in [1.82, 2.24) is 14.5 Å². The second-order valence-electron chi connectivity index (χ2n) is 10.6. The molecule has 42 heavy (non-hydrogen) atoms. The van der Waals surface area contributed by atoms with Crippen molar-refractivity contribution in [2.45, 2.75) is 6.92 Å². The summed E-state index contributed by atoms with van der Waals surface area (Å²) in [6.45, 7) is 2.09. The van der Waals surface area contributed by atoms with Gasteiger partial charge in [-0.3, -0.25) is 9.55 Å². The molecule has 0 fully saturated rings. The average molecular weight is 538 g/mol. The van der Waals surface area contributed by atoms with Gasteiger partial charge in [-0.15, -0.1) is 0 Å². The molecule has 0 radical (unpaired) electrons. The van der Waals surface area contributed by atoms with Gasteiger partial charge >= 0.3 is 0 Å². The van der Waals surface area contributed by atoms with Gasteiger partial charge in [0.25, 0.3) is 0 Å². The van der Waals surface area contributed by atoms with E-state index in [0.29, 0.717) is 0 Å². The fraction of sp³-hybridized carbons (Fsp3) is 0.0256. The monoisotopic (exact) mass is 537 g/mol. The molecule has 0 saturated heterocycles. The topological polar surface area (TPSA) is 30.7 Å². The van der Waals surface area contributed by atoms with Gasteiger partial charge in [-0.25, -0.2) is 4.98 Å². The molecule has 2 heterocycles. The van der Waals surface area contributed by atoms with Crippen LogP contribution in [0, 0.1) is 6.92 Å². The first kappa shape index (κ1) is 24.3. The van der Waals surface area contributed by atoms with Crippen LogP contribution in [-0.2, 0) is 0 Å². The van der Waals surface area contributed by atoms with Crippen molar-refractivity contribution in [3.8, 4) is 39.2 Å². The van der Waals surface area contributed by atoms with E-state index in [1.165, 1.54) is 43.8 Å². The molecule has 6 aromatic carbocycles. The van der Waals surface area contributed by atoms with E-state index >= 15 is 0 Å². The largest absolute Gasteiger partial charge is 0.296 e. The zero-order valence-corrected chi connectivity index (χ0v) is 23.2. The number of nitrogens with zero attached hydrogens (tertiary/aromatic N) is 3. The second kappa shape index (κ2) is 9.83. The Morgan fingerprint density at radius 3 is 1.88 bits per heavy atom. The van der Waals surface area contributed by atoms with Gasteiger partial charge in [0, 0.05) is 17.3 Å².